The predicted octanol–water partition coefficient (Wildman–Crippen LogP) is 4.43. The van der Waals surface area contributed by atoms with E-state index in [1.54, 1.807) is 25.3 Å². The molecule has 2 aromatic rings. The fourth-order valence-corrected chi connectivity index (χ4v) is 3.30. The van der Waals surface area contributed by atoms with Gasteiger partial charge in [0.2, 0.25) is 0 Å². The molecule has 1 aromatic carbocycles. The number of hydrogen-bond acceptors (Lipinski definition) is 4. The van der Waals surface area contributed by atoms with Crippen molar-refractivity contribution in [3.63, 3.8) is 0 Å². The van der Waals surface area contributed by atoms with Crippen LogP contribution < -0.4 is 0 Å². The number of rotatable bonds is 2. The van der Waals surface area contributed by atoms with Gasteiger partial charge in [-0.1, -0.05) is 47.7 Å². The van der Waals surface area contributed by atoms with Gasteiger partial charge in [0.05, 0.1) is 9.93 Å². The normalized spacial score (nSPS) is 17.0. The van der Waals surface area contributed by atoms with Crippen LogP contribution in [0.1, 0.15) is 5.76 Å². The minimum Gasteiger partial charge on any atom is -0.457 e. The Hall–Kier alpha value is -1.56. The highest BCUT2D eigenvalue weighted by Crippen LogP contribution is 2.33. The molecule has 106 valence electrons. The average molecular weight is 336 g/mol. The maximum atomic E-state index is 11.9. The molecule has 6 heteroatoms. The Balaban J connectivity index is 1.92. The van der Waals surface area contributed by atoms with Gasteiger partial charge < -0.3 is 4.42 Å². The smallest absolute Gasteiger partial charge is 0.266 e. The Kier molecular flexibility index (Phi) is 3.89. The molecule has 3 rings (SSSR count). The van der Waals surface area contributed by atoms with Crippen LogP contribution in [0.2, 0.25) is 5.02 Å². The molecule has 0 saturated carbocycles. The average Bonchev–Trinajstić information content (AvgIpc) is 3.01. The lowest BCUT2D eigenvalue weighted by molar-refractivity contribution is -0.121. The molecule has 21 heavy (non-hydrogen) atoms. The van der Waals surface area contributed by atoms with Gasteiger partial charge in [0, 0.05) is 18.7 Å². The minimum absolute atomic E-state index is 0.110. The highest BCUT2D eigenvalue weighted by molar-refractivity contribution is 8.26. The first kappa shape index (κ1) is 14.4. The van der Waals surface area contributed by atoms with E-state index in [9.17, 15) is 4.79 Å². The van der Waals surface area contributed by atoms with Crippen molar-refractivity contribution in [3.8, 4) is 11.3 Å². The number of halogens is 1. The lowest BCUT2D eigenvalue weighted by Gasteiger charge is -2.03. The number of thiocarbonyl (C=S) groups is 1. The standard InChI is InChI=1S/C15H10ClNO2S2/c1-17-14(18)13(21-15(17)20)8-9-6-7-12(19-9)10-4-2-3-5-11(10)16/h2-8H,1H3/b13-8-. The molecule has 1 aliphatic rings. The van der Waals surface area contributed by atoms with Crippen molar-refractivity contribution in [1.29, 1.82) is 0 Å². The number of nitrogens with zero attached hydrogens (tertiary/aromatic N) is 1. The second-order valence-electron chi connectivity index (χ2n) is 4.42. The molecule has 1 fully saturated rings. The van der Waals surface area contributed by atoms with Crippen molar-refractivity contribution >= 4 is 51.9 Å². The van der Waals surface area contributed by atoms with Crippen LogP contribution in [0.3, 0.4) is 0 Å². The topological polar surface area (TPSA) is 33.5 Å². The van der Waals surface area contributed by atoms with Gasteiger partial charge in [-0.15, -0.1) is 0 Å². The zero-order chi connectivity index (χ0) is 15.0. The summed E-state index contributed by atoms with van der Waals surface area (Å²) in [5.41, 5.74) is 0.821. The van der Waals surface area contributed by atoms with Crippen LogP contribution in [-0.2, 0) is 4.79 Å². The fourth-order valence-electron chi connectivity index (χ4n) is 1.91. The molecule has 1 saturated heterocycles. The van der Waals surface area contributed by atoms with Crippen LogP contribution in [0.25, 0.3) is 17.4 Å². The zero-order valence-corrected chi connectivity index (χ0v) is 13.4. The van der Waals surface area contributed by atoms with Crippen molar-refractivity contribution in [2.45, 2.75) is 0 Å². The van der Waals surface area contributed by atoms with Gasteiger partial charge in [0.1, 0.15) is 15.8 Å². The van der Waals surface area contributed by atoms with Crippen LogP contribution in [0, 0.1) is 0 Å². The van der Waals surface area contributed by atoms with E-state index in [2.05, 4.69) is 0 Å². The number of furan rings is 1. The maximum absolute atomic E-state index is 11.9. The third kappa shape index (κ3) is 2.77. The third-order valence-corrected chi connectivity index (χ3v) is 4.84. The number of hydrogen-bond donors (Lipinski definition) is 0. The van der Waals surface area contributed by atoms with Crippen LogP contribution in [-0.4, -0.2) is 22.2 Å². The number of benzene rings is 1. The van der Waals surface area contributed by atoms with Crippen molar-refractivity contribution in [1.82, 2.24) is 4.90 Å². The monoisotopic (exact) mass is 335 g/mol. The summed E-state index contributed by atoms with van der Waals surface area (Å²) >= 11 is 12.5. The van der Waals surface area contributed by atoms with E-state index in [0.717, 1.165) is 5.56 Å². The van der Waals surface area contributed by atoms with Gasteiger partial charge in [0.15, 0.2) is 0 Å². The van der Waals surface area contributed by atoms with Crippen LogP contribution in [0.5, 0.6) is 0 Å². The highest BCUT2D eigenvalue weighted by atomic mass is 35.5. The van der Waals surface area contributed by atoms with Gasteiger partial charge in [-0.3, -0.25) is 9.69 Å². The number of thioether (sulfide) groups is 1. The zero-order valence-electron chi connectivity index (χ0n) is 11.0. The van der Waals surface area contributed by atoms with Crippen LogP contribution in [0.15, 0.2) is 45.7 Å². The van der Waals surface area contributed by atoms with Gasteiger partial charge in [0.25, 0.3) is 5.91 Å². The van der Waals surface area contributed by atoms with E-state index in [1.807, 2.05) is 24.3 Å². The van der Waals surface area contributed by atoms with Crippen molar-refractivity contribution < 1.29 is 9.21 Å². The lowest BCUT2D eigenvalue weighted by Crippen LogP contribution is -2.22. The molecule has 1 aromatic heterocycles. The summed E-state index contributed by atoms with van der Waals surface area (Å²) < 4.78 is 6.29. The minimum atomic E-state index is -0.110. The molecular formula is C15H10ClNO2S2. The van der Waals surface area contributed by atoms with E-state index in [1.165, 1.54) is 16.7 Å². The van der Waals surface area contributed by atoms with E-state index in [0.29, 0.717) is 25.8 Å². The molecule has 0 aliphatic carbocycles. The second kappa shape index (κ2) is 5.67. The molecule has 0 atom stereocenters. The van der Waals surface area contributed by atoms with Crippen molar-refractivity contribution in [3.05, 3.63) is 52.1 Å². The molecule has 0 bridgehead atoms. The maximum Gasteiger partial charge on any atom is 0.266 e. The van der Waals surface area contributed by atoms with E-state index in [-0.39, 0.29) is 5.91 Å². The molecule has 0 spiro atoms. The summed E-state index contributed by atoms with van der Waals surface area (Å²) in [6, 6.07) is 11.1. The largest absolute Gasteiger partial charge is 0.457 e. The number of likely N-dealkylation sites (N-methyl/N-ethyl adjacent to an activating group) is 1. The fraction of sp³-hybridized carbons (Fsp3) is 0.0667. The first-order valence-electron chi connectivity index (χ1n) is 6.12. The summed E-state index contributed by atoms with van der Waals surface area (Å²) in [6.45, 7) is 0. The number of carbonyl (C=O) groups is 1. The van der Waals surface area contributed by atoms with Crippen molar-refractivity contribution in [2.75, 3.05) is 7.05 Å². The summed E-state index contributed by atoms with van der Waals surface area (Å²) in [4.78, 5) is 13.9. The van der Waals surface area contributed by atoms with E-state index >= 15 is 0 Å². The molecule has 1 amide bonds. The number of amides is 1. The Morgan fingerprint density at radius 1 is 1.29 bits per heavy atom. The molecule has 1 aliphatic heterocycles. The SMILES string of the molecule is CN1C(=O)/C(=C/c2ccc(-c3ccccc3Cl)o2)SC1=S. The van der Waals surface area contributed by atoms with Gasteiger partial charge in [-0.05, 0) is 24.3 Å². The molecule has 3 nitrogen and oxygen atoms in total. The predicted molar refractivity (Wildman–Crippen MR) is 90.1 cm³/mol. The second-order valence-corrected chi connectivity index (χ2v) is 6.51. The van der Waals surface area contributed by atoms with Crippen LogP contribution in [0.4, 0.5) is 0 Å². The first-order chi connectivity index (χ1) is 10.1. The van der Waals surface area contributed by atoms with E-state index in [4.69, 9.17) is 28.2 Å². The van der Waals surface area contributed by atoms with Crippen molar-refractivity contribution in [2.24, 2.45) is 0 Å². The summed E-state index contributed by atoms with van der Waals surface area (Å²) in [5.74, 6) is 1.15. The highest BCUT2D eigenvalue weighted by Gasteiger charge is 2.29. The van der Waals surface area contributed by atoms with Crippen LogP contribution >= 0.6 is 35.6 Å². The third-order valence-electron chi connectivity index (χ3n) is 3.03. The Bertz CT molecular complexity index is 767. The Labute approximate surface area is 136 Å². The summed E-state index contributed by atoms with van der Waals surface area (Å²) in [7, 11) is 1.66. The first-order valence-corrected chi connectivity index (χ1v) is 7.73. The summed E-state index contributed by atoms with van der Waals surface area (Å²) in [5, 5.41) is 0.623. The molecule has 2 heterocycles. The van der Waals surface area contributed by atoms with E-state index < -0.39 is 0 Å². The molecular weight excluding hydrogens is 326 g/mol. The number of carbonyl (C=O) groups excluding carboxylic acids is 1. The molecule has 0 radical (unpaired) electrons. The molecule has 0 unspecified atom stereocenters. The van der Waals surface area contributed by atoms with Gasteiger partial charge in [-0.2, -0.15) is 0 Å². The Morgan fingerprint density at radius 3 is 2.71 bits per heavy atom. The quantitative estimate of drug-likeness (QED) is 0.600. The summed E-state index contributed by atoms with van der Waals surface area (Å²) in [6.07, 6.45) is 1.70. The molecule has 0 N–H and O–H groups in total. The van der Waals surface area contributed by atoms with Gasteiger partial charge in [-0.25, -0.2) is 0 Å². The Morgan fingerprint density at radius 2 is 2.05 bits per heavy atom. The van der Waals surface area contributed by atoms with Gasteiger partial charge >= 0.3 is 0 Å². The lowest BCUT2D eigenvalue weighted by atomic mass is 10.2.